The standard InChI is InChI=1S/C14H8Cl2N2O2S/c15-9-2-1-8(7-10(9)16)11-3-4-12(20-11)13(19)18-14-17-5-6-21-14/h1-7H,(H,17,18,19). The average molecular weight is 339 g/mol. The molecule has 0 unspecified atom stereocenters. The van der Waals surface area contributed by atoms with Gasteiger partial charge in [0.25, 0.3) is 5.91 Å². The Morgan fingerprint density at radius 2 is 2.05 bits per heavy atom. The molecule has 0 aliphatic heterocycles. The monoisotopic (exact) mass is 338 g/mol. The Labute approximate surface area is 134 Å². The first-order chi connectivity index (χ1) is 10.1. The fourth-order valence-electron chi connectivity index (χ4n) is 1.71. The van der Waals surface area contributed by atoms with Gasteiger partial charge in [0.2, 0.25) is 0 Å². The fourth-order valence-corrected chi connectivity index (χ4v) is 2.53. The van der Waals surface area contributed by atoms with Crippen LogP contribution in [0.1, 0.15) is 10.6 Å². The summed E-state index contributed by atoms with van der Waals surface area (Å²) in [5.41, 5.74) is 0.748. The van der Waals surface area contributed by atoms with Gasteiger partial charge in [-0.2, -0.15) is 0 Å². The Hall–Kier alpha value is -1.82. The second kappa shape index (κ2) is 5.89. The van der Waals surface area contributed by atoms with E-state index < -0.39 is 0 Å². The van der Waals surface area contributed by atoms with E-state index in [2.05, 4.69) is 10.3 Å². The first-order valence-corrected chi connectivity index (χ1v) is 7.53. The molecule has 3 rings (SSSR count). The summed E-state index contributed by atoms with van der Waals surface area (Å²) in [4.78, 5) is 16.0. The maximum absolute atomic E-state index is 12.0. The Bertz CT molecular complexity index is 784. The lowest BCUT2D eigenvalue weighted by molar-refractivity contribution is 0.0997. The number of aromatic nitrogens is 1. The Morgan fingerprint density at radius 3 is 2.76 bits per heavy atom. The van der Waals surface area contributed by atoms with Gasteiger partial charge in [-0.25, -0.2) is 4.98 Å². The number of nitrogens with one attached hydrogen (secondary N) is 1. The van der Waals surface area contributed by atoms with Crippen molar-refractivity contribution < 1.29 is 9.21 Å². The summed E-state index contributed by atoms with van der Waals surface area (Å²) in [7, 11) is 0. The number of benzene rings is 1. The number of halogens is 2. The van der Waals surface area contributed by atoms with E-state index in [9.17, 15) is 4.79 Å². The second-order valence-electron chi connectivity index (χ2n) is 4.08. The molecular formula is C14H8Cl2N2O2S. The first kappa shape index (κ1) is 14.1. The van der Waals surface area contributed by atoms with Crippen LogP contribution < -0.4 is 5.32 Å². The van der Waals surface area contributed by atoms with E-state index in [1.807, 2.05) is 0 Å². The number of anilines is 1. The smallest absolute Gasteiger partial charge is 0.293 e. The van der Waals surface area contributed by atoms with E-state index in [-0.39, 0.29) is 11.7 Å². The van der Waals surface area contributed by atoms with Gasteiger partial charge in [-0.05, 0) is 30.3 Å². The summed E-state index contributed by atoms with van der Waals surface area (Å²) in [5.74, 6) is 0.389. The third kappa shape index (κ3) is 3.10. The van der Waals surface area contributed by atoms with Crippen LogP contribution >= 0.6 is 34.5 Å². The van der Waals surface area contributed by atoms with Crippen LogP contribution in [0.5, 0.6) is 0 Å². The SMILES string of the molecule is O=C(Nc1nccs1)c1ccc(-c2ccc(Cl)c(Cl)c2)o1. The number of carbonyl (C=O) groups excluding carboxylic acids is 1. The quantitative estimate of drug-likeness (QED) is 0.734. The summed E-state index contributed by atoms with van der Waals surface area (Å²) in [5, 5.41) is 5.84. The zero-order valence-corrected chi connectivity index (χ0v) is 12.8. The van der Waals surface area contributed by atoms with Gasteiger partial charge in [0.1, 0.15) is 5.76 Å². The molecule has 0 aliphatic carbocycles. The predicted molar refractivity (Wildman–Crippen MR) is 84.2 cm³/mol. The lowest BCUT2D eigenvalue weighted by atomic mass is 10.2. The van der Waals surface area contributed by atoms with Crippen molar-refractivity contribution in [2.75, 3.05) is 5.32 Å². The highest BCUT2D eigenvalue weighted by Gasteiger charge is 2.14. The largest absolute Gasteiger partial charge is 0.451 e. The third-order valence-corrected chi connectivity index (χ3v) is 4.11. The number of thiazole rings is 1. The van der Waals surface area contributed by atoms with Crippen molar-refractivity contribution in [1.29, 1.82) is 0 Å². The molecule has 0 bridgehead atoms. The molecule has 0 aliphatic rings. The normalized spacial score (nSPS) is 10.6. The molecule has 2 aromatic heterocycles. The maximum atomic E-state index is 12.0. The Kier molecular flexibility index (Phi) is 3.96. The molecule has 2 heterocycles. The minimum absolute atomic E-state index is 0.200. The average Bonchev–Trinajstić information content (AvgIpc) is 3.12. The molecule has 1 amide bonds. The third-order valence-electron chi connectivity index (χ3n) is 2.69. The summed E-state index contributed by atoms with van der Waals surface area (Å²) in [6, 6.07) is 8.44. The van der Waals surface area contributed by atoms with Crippen molar-refractivity contribution in [2.45, 2.75) is 0 Å². The highest BCUT2D eigenvalue weighted by Crippen LogP contribution is 2.29. The van der Waals surface area contributed by atoms with Crippen molar-refractivity contribution in [3.63, 3.8) is 0 Å². The zero-order valence-electron chi connectivity index (χ0n) is 10.5. The van der Waals surface area contributed by atoms with Crippen LogP contribution in [0.25, 0.3) is 11.3 Å². The number of rotatable bonds is 3. The van der Waals surface area contributed by atoms with Gasteiger partial charge >= 0.3 is 0 Å². The van der Waals surface area contributed by atoms with Crippen molar-refractivity contribution in [2.24, 2.45) is 0 Å². The molecule has 0 saturated carbocycles. The summed E-state index contributed by atoms with van der Waals surface area (Å²) >= 11 is 13.2. The van der Waals surface area contributed by atoms with Crippen LogP contribution in [0.15, 0.2) is 46.3 Å². The van der Waals surface area contributed by atoms with Crippen molar-refractivity contribution >= 4 is 45.6 Å². The van der Waals surface area contributed by atoms with Crippen LogP contribution in [0.4, 0.5) is 5.13 Å². The van der Waals surface area contributed by atoms with E-state index in [4.69, 9.17) is 27.6 Å². The van der Waals surface area contributed by atoms with Crippen LogP contribution in [0.3, 0.4) is 0 Å². The molecular weight excluding hydrogens is 331 g/mol. The molecule has 3 aromatic rings. The van der Waals surface area contributed by atoms with Crippen LogP contribution in [-0.4, -0.2) is 10.9 Å². The molecule has 0 saturated heterocycles. The summed E-state index contributed by atoms with van der Waals surface area (Å²) < 4.78 is 5.54. The lowest BCUT2D eigenvalue weighted by Crippen LogP contribution is -2.10. The molecule has 4 nitrogen and oxygen atoms in total. The van der Waals surface area contributed by atoms with Gasteiger partial charge < -0.3 is 4.42 Å². The van der Waals surface area contributed by atoms with E-state index in [1.165, 1.54) is 11.3 Å². The Morgan fingerprint density at radius 1 is 1.19 bits per heavy atom. The molecule has 1 aromatic carbocycles. The minimum Gasteiger partial charge on any atom is -0.451 e. The molecule has 0 spiro atoms. The molecule has 0 fully saturated rings. The van der Waals surface area contributed by atoms with Crippen LogP contribution in [-0.2, 0) is 0 Å². The minimum atomic E-state index is -0.351. The van der Waals surface area contributed by atoms with Gasteiger partial charge in [0.05, 0.1) is 10.0 Å². The summed E-state index contributed by atoms with van der Waals surface area (Å²) in [6.07, 6.45) is 1.61. The zero-order chi connectivity index (χ0) is 14.8. The van der Waals surface area contributed by atoms with Gasteiger partial charge in [-0.3, -0.25) is 10.1 Å². The van der Waals surface area contributed by atoms with Gasteiger partial charge in [0, 0.05) is 17.1 Å². The van der Waals surface area contributed by atoms with Crippen molar-refractivity contribution in [1.82, 2.24) is 4.98 Å². The maximum Gasteiger partial charge on any atom is 0.293 e. The van der Waals surface area contributed by atoms with Gasteiger partial charge in [0.15, 0.2) is 10.9 Å². The highest BCUT2D eigenvalue weighted by molar-refractivity contribution is 7.13. The number of amides is 1. The number of furan rings is 1. The van der Waals surface area contributed by atoms with Crippen molar-refractivity contribution in [3.8, 4) is 11.3 Å². The van der Waals surface area contributed by atoms with Crippen molar-refractivity contribution in [3.05, 3.63) is 57.7 Å². The fraction of sp³-hybridized carbons (Fsp3) is 0. The van der Waals surface area contributed by atoms with Crippen LogP contribution in [0.2, 0.25) is 10.0 Å². The van der Waals surface area contributed by atoms with E-state index in [0.29, 0.717) is 20.9 Å². The highest BCUT2D eigenvalue weighted by atomic mass is 35.5. The molecule has 7 heteroatoms. The topological polar surface area (TPSA) is 55.1 Å². The van der Waals surface area contributed by atoms with Crippen LogP contribution in [0, 0.1) is 0 Å². The molecule has 0 atom stereocenters. The van der Waals surface area contributed by atoms with E-state index >= 15 is 0 Å². The summed E-state index contributed by atoms with van der Waals surface area (Å²) in [6.45, 7) is 0. The van der Waals surface area contributed by atoms with Gasteiger partial charge in [-0.15, -0.1) is 11.3 Å². The molecule has 106 valence electrons. The first-order valence-electron chi connectivity index (χ1n) is 5.89. The van der Waals surface area contributed by atoms with E-state index in [0.717, 1.165) is 5.56 Å². The number of hydrogen-bond acceptors (Lipinski definition) is 4. The molecule has 1 N–H and O–H groups in total. The predicted octanol–water partition coefficient (Wildman–Crippen LogP) is 4.96. The Balaban J connectivity index is 1.82. The number of carbonyl (C=O) groups is 1. The molecule has 21 heavy (non-hydrogen) atoms. The second-order valence-corrected chi connectivity index (χ2v) is 5.79. The number of nitrogens with zero attached hydrogens (tertiary/aromatic N) is 1. The number of hydrogen-bond donors (Lipinski definition) is 1. The van der Waals surface area contributed by atoms with E-state index in [1.54, 1.807) is 41.9 Å². The lowest BCUT2D eigenvalue weighted by Gasteiger charge is -2.00. The van der Waals surface area contributed by atoms with Gasteiger partial charge in [-0.1, -0.05) is 23.2 Å². The molecule has 0 radical (unpaired) electrons.